The molecule has 0 radical (unpaired) electrons. The summed E-state index contributed by atoms with van der Waals surface area (Å²) in [5.41, 5.74) is -0.849. The molecule has 0 spiro atoms. The Labute approximate surface area is 130 Å². The molecule has 3 atom stereocenters. The summed E-state index contributed by atoms with van der Waals surface area (Å²) in [6.07, 6.45) is 0.338. The van der Waals surface area contributed by atoms with Gasteiger partial charge in [0.25, 0.3) is 0 Å². The molecule has 2 aromatic rings. The van der Waals surface area contributed by atoms with E-state index in [-0.39, 0.29) is 28.9 Å². The number of carboxylic acids is 1. The lowest BCUT2D eigenvalue weighted by Crippen LogP contribution is -2.59. The second-order valence-corrected chi connectivity index (χ2v) is 8.05. The molecule has 2 bridgehead atoms. The Bertz CT molecular complexity index is 990. The van der Waals surface area contributed by atoms with E-state index in [4.69, 9.17) is 4.42 Å². The van der Waals surface area contributed by atoms with Crippen LogP contribution in [0.5, 0.6) is 0 Å². The van der Waals surface area contributed by atoms with Gasteiger partial charge in [-0.1, -0.05) is 6.92 Å². The third-order valence-corrected chi connectivity index (χ3v) is 7.13. The van der Waals surface area contributed by atoms with E-state index in [0.717, 1.165) is 4.31 Å². The molecule has 2 N–H and O–H groups in total. The maximum Gasteiger partial charge on any atom is 0.417 e. The number of benzene rings is 1. The first-order chi connectivity index (χ1) is 10.8. The SMILES string of the molecule is C[C@@H]1[C@@H]2CN(S(=O)(=O)c3ccc4[nH]c(=O)oc4c3)[C@@]1(C(=O)O)C2. The minimum absolute atomic E-state index is 0.0646. The molecule has 2 saturated heterocycles. The van der Waals surface area contributed by atoms with Gasteiger partial charge in [-0.3, -0.25) is 9.78 Å². The molecular weight excluding hydrogens is 324 g/mol. The van der Waals surface area contributed by atoms with Gasteiger partial charge < -0.3 is 9.52 Å². The second kappa shape index (κ2) is 4.24. The molecule has 1 aromatic carbocycles. The van der Waals surface area contributed by atoms with Crippen LogP contribution in [0, 0.1) is 11.8 Å². The van der Waals surface area contributed by atoms with Crippen LogP contribution >= 0.6 is 0 Å². The van der Waals surface area contributed by atoms with Gasteiger partial charge in [-0.2, -0.15) is 4.31 Å². The largest absolute Gasteiger partial charge is 0.480 e. The van der Waals surface area contributed by atoms with Gasteiger partial charge in [-0.25, -0.2) is 13.2 Å². The van der Waals surface area contributed by atoms with Crippen molar-refractivity contribution < 1.29 is 22.7 Å². The van der Waals surface area contributed by atoms with Gasteiger partial charge in [0.2, 0.25) is 10.0 Å². The molecular formula is C14H14N2O6S. The molecule has 122 valence electrons. The van der Waals surface area contributed by atoms with Gasteiger partial charge in [0, 0.05) is 12.6 Å². The fraction of sp³-hybridized carbons (Fsp3) is 0.429. The lowest BCUT2D eigenvalue weighted by molar-refractivity contribution is -0.154. The van der Waals surface area contributed by atoms with Gasteiger partial charge in [0.1, 0.15) is 5.54 Å². The van der Waals surface area contributed by atoms with Crippen molar-refractivity contribution in [3.05, 3.63) is 28.7 Å². The Morgan fingerprint density at radius 3 is 2.87 bits per heavy atom. The van der Waals surface area contributed by atoms with Crippen molar-refractivity contribution in [2.75, 3.05) is 6.54 Å². The van der Waals surface area contributed by atoms with Crippen LogP contribution in [0.15, 0.2) is 32.3 Å². The van der Waals surface area contributed by atoms with Gasteiger partial charge in [-0.15, -0.1) is 0 Å². The number of H-pyrrole nitrogens is 1. The van der Waals surface area contributed by atoms with E-state index in [1.807, 2.05) is 0 Å². The van der Waals surface area contributed by atoms with Crippen molar-refractivity contribution >= 4 is 27.1 Å². The molecule has 0 unspecified atom stereocenters. The lowest BCUT2D eigenvalue weighted by atomic mass is 9.64. The number of sulfonamides is 1. The van der Waals surface area contributed by atoms with Gasteiger partial charge in [-0.05, 0) is 30.4 Å². The number of aromatic nitrogens is 1. The Morgan fingerprint density at radius 2 is 2.22 bits per heavy atom. The first-order valence-electron chi connectivity index (χ1n) is 7.16. The van der Waals surface area contributed by atoms with Crippen LogP contribution in [-0.2, 0) is 14.8 Å². The number of carboxylic acid groups (broad SMARTS) is 1. The molecule has 23 heavy (non-hydrogen) atoms. The quantitative estimate of drug-likeness (QED) is 0.845. The van der Waals surface area contributed by atoms with Gasteiger partial charge in [0.05, 0.1) is 10.4 Å². The van der Waals surface area contributed by atoms with Crippen molar-refractivity contribution in [1.29, 1.82) is 0 Å². The molecule has 2 aliphatic heterocycles. The predicted molar refractivity (Wildman–Crippen MR) is 78.4 cm³/mol. The van der Waals surface area contributed by atoms with E-state index in [1.165, 1.54) is 18.2 Å². The number of hydrogen-bond donors (Lipinski definition) is 2. The monoisotopic (exact) mass is 338 g/mol. The van der Waals surface area contributed by atoms with Crippen molar-refractivity contribution in [3.63, 3.8) is 0 Å². The summed E-state index contributed by atoms with van der Waals surface area (Å²) >= 11 is 0. The molecule has 9 heteroatoms. The van der Waals surface area contributed by atoms with Gasteiger partial charge >= 0.3 is 11.7 Å². The smallest absolute Gasteiger partial charge is 0.417 e. The minimum atomic E-state index is -3.99. The predicted octanol–water partition coefficient (Wildman–Crippen LogP) is 0.605. The summed E-state index contributed by atoms with van der Waals surface area (Å²) in [6, 6.07) is 4.03. The number of rotatable bonds is 3. The van der Waals surface area contributed by atoms with Crippen LogP contribution in [-0.4, -0.2) is 40.9 Å². The lowest BCUT2D eigenvalue weighted by Gasteiger charge is -2.43. The van der Waals surface area contributed by atoms with E-state index in [0.29, 0.717) is 11.9 Å². The zero-order valence-electron chi connectivity index (χ0n) is 12.1. The fourth-order valence-electron chi connectivity index (χ4n) is 3.83. The first-order valence-corrected chi connectivity index (χ1v) is 8.60. The molecule has 1 aliphatic carbocycles. The zero-order chi connectivity index (χ0) is 16.6. The third kappa shape index (κ3) is 1.66. The number of aromatic amines is 1. The average Bonchev–Trinajstić information content (AvgIpc) is 3.14. The summed E-state index contributed by atoms with van der Waals surface area (Å²) in [5, 5.41) is 9.57. The minimum Gasteiger partial charge on any atom is -0.480 e. The van der Waals surface area contributed by atoms with Crippen molar-refractivity contribution in [2.45, 2.75) is 23.8 Å². The fourth-order valence-corrected chi connectivity index (χ4v) is 5.72. The highest BCUT2D eigenvalue weighted by atomic mass is 32.2. The van der Waals surface area contributed by atoms with Gasteiger partial charge in [0.15, 0.2) is 5.58 Å². The number of nitrogens with one attached hydrogen (secondary N) is 1. The van der Waals surface area contributed by atoms with E-state index in [2.05, 4.69) is 4.98 Å². The van der Waals surface area contributed by atoms with Crippen LogP contribution in [0.2, 0.25) is 0 Å². The summed E-state index contributed by atoms with van der Waals surface area (Å²) in [7, 11) is -3.99. The maximum absolute atomic E-state index is 12.9. The van der Waals surface area contributed by atoms with E-state index in [9.17, 15) is 23.1 Å². The molecule has 1 saturated carbocycles. The van der Waals surface area contributed by atoms with Crippen LogP contribution in [0.1, 0.15) is 13.3 Å². The Kier molecular flexibility index (Phi) is 2.66. The van der Waals surface area contributed by atoms with Crippen molar-refractivity contribution in [3.8, 4) is 0 Å². The summed E-state index contributed by atoms with van der Waals surface area (Å²) < 4.78 is 31.8. The van der Waals surface area contributed by atoms with Crippen molar-refractivity contribution in [2.24, 2.45) is 11.8 Å². The normalized spacial score (nSPS) is 30.5. The second-order valence-electron chi connectivity index (χ2n) is 6.19. The van der Waals surface area contributed by atoms with Crippen molar-refractivity contribution in [1.82, 2.24) is 9.29 Å². The summed E-state index contributed by atoms with van der Waals surface area (Å²) in [6.45, 7) is 1.97. The summed E-state index contributed by atoms with van der Waals surface area (Å²) in [5.74, 6) is -1.94. The highest BCUT2D eigenvalue weighted by Crippen LogP contribution is 2.57. The maximum atomic E-state index is 12.9. The number of oxazole rings is 1. The van der Waals surface area contributed by atoms with Crippen LogP contribution in [0.4, 0.5) is 0 Å². The number of nitrogens with zero attached hydrogens (tertiary/aromatic N) is 1. The highest BCUT2D eigenvalue weighted by Gasteiger charge is 2.69. The zero-order valence-corrected chi connectivity index (χ0v) is 13.0. The van der Waals surface area contributed by atoms with Crippen LogP contribution < -0.4 is 5.76 Å². The molecule has 1 aromatic heterocycles. The number of aliphatic carboxylic acids is 1. The highest BCUT2D eigenvalue weighted by molar-refractivity contribution is 7.89. The standard InChI is InChI=1S/C14H14N2O6S/c1-7-8-5-14(7,12(17)18)16(6-8)23(20,21)9-2-3-10-11(4-9)22-13(19)15-10/h2-4,7-8H,5-6H2,1H3,(H,15,19)(H,17,18)/t7-,8+,14+/m1/s1. The Morgan fingerprint density at radius 1 is 1.48 bits per heavy atom. The van der Waals surface area contributed by atoms with E-state index < -0.39 is 27.3 Å². The van der Waals surface area contributed by atoms with E-state index >= 15 is 0 Å². The number of hydrogen-bond acceptors (Lipinski definition) is 5. The average molecular weight is 338 g/mol. The Balaban J connectivity index is 1.83. The van der Waals surface area contributed by atoms with E-state index in [1.54, 1.807) is 6.92 Å². The topological polar surface area (TPSA) is 121 Å². The first kappa shape index (κ1) is 14.5. The third-order valence-electron chi connectivity index (χ3n) is 5.23. The Hall–Kier alpha value is -2.13. The number of carbonyl (C=O) groups is 1. The summed E-state index contributed by atoms with van der Waals surface area (Å²) in [4.78, 5) is 25.2. The molecule has 3 heterocycles. The van der Waals surface area contributed by atoms with Crippen LogP contribution in [0.3, 0.4) is 0 Å². The van der Waals surface area contributed by atoms with Crippen LogP contribution in [0.25, 0.3) is 11.1 Å². The molecule has 3 aliphatic rings. The molecule has 3 fully saturated rings. The molecule has 8 nitrogen and oxygen atoms in total. The molecule has 5 rings (SSSR count). The number of fused-ring (bicyclic) bond motifs is 2. The molecule has 0 amide bonds.